The fourth-order valence-electron chi connectivity index (χ4n) is 1.69. The van der Waals surface area contributed by atoms with E-state index < -0.39 is 0 Å². The smallest absolute Gasteiger partial charge is 0.131 e. The molecular formula is C14H15BrFNS. The maximum absolute atomic E-state index is 13.7. The van der Waals surface area contributed by atoms with Crippen molar-refractivity contribution in [1.82, 2.24) is 5.32 Å². The molecular weight excluding hydrogens is 313 g/mol. The molecule has 0 amide bonds. The third-order valence-electron chi connectivity index (χ3n) is 2.58. The van der Waals surface area contributed by atoms with Gasteiger partial charge in [0.25, 0.3) is 0 Å². The highest BCUT2D eigenvalue weighted by molar-refractivity contribution is 9.10. The molecule has 0 radical (unpaired) electrons. The zero-order valence-corrected chi connectivity index (χ0v) is 12.6. The maximum Gasteiger partial charge on any atom is 0.131 e. The number of benzene rings is 1. The fraction of sp³-hybridized carbons (Fsp3) is 0.286. The highest BCUT2D eigenvalue weighted by atomic mass is 79.9. The first-order valence-electron chi connectivity index (χ1n) is 5.95. The van der Waals surface area contributed by atoms with Crippen LogP contribution >= 0.6 is 27.3 Å². The van der Waals surface area contributed by atoms with Gasteiger partial charge in [0.1, 0.15) is 5.82 Å². The molecule has 1 nitrogen and oxygen atoms in total. The van der Waals surface area contributed by atoms with Crippen molar-refractivity contribution in [3.63, 3.8) is 0 Å². The van der Waals surface area contributed by atoms with Crippen LogP contribution in [0.3, 0.4) is 0 Å². The molecule has 0 saturated carbocycles. The van der Waals surface area contributed by atoms with Crippen molar-refractivity contribution in [3.05, 3.63) is 45.5 Å². The van der Waals surface area contributed by atoms with Crippen LogP contribution in [0.5, 0.6) is 0 Å². The molecule has 2 rings (SSSR count). The monoisotopic (exact) mass is 327 g/mol. The summed E-state index contributed by atoms with van der Waals surface area (Å²) in [4.78, 5) is 2.21. The molecule has 0 aliphatic rings. The van der Waals surface area contributed by atoms with Gasteiger partial charge < -0.3 is 5.32 Å². The summed E-state index contributed by atoms with van der Waals surface area (Å²) in [7, 11) is 0. The zero-order valence-electron chi connectivity index (χ0n) is 10.2. The molecule has 1 heterocycles. The van der Waals surface area contributed by atoms with Gasteiger partial charge in [0, 0.05) is 26.3 Å². The second-order valence-electron chi connectivity index (χ2n) is 4.07. The highest BCUT2D eigenvalue weighted by Crippen LogP contribution is 2.31. The van der Waals surface area contributed by atoms with Crippen molar-refractivity contribution in [2.45, 2.75) is 19.9 Å². The van der Waals surface area contributed by atoms with Crippen molar-refractivity contribution >= 4 is 27.3 Å². The van der Waals surface area contributed by atoms with E-state index in [1.807, 2.05) is 12.1 Å². The van der Waals surface area contributed by atoms with Crippen molar-refractivity contribution in [2.75, 3.05) is 6.54 Å². The van der Waals surface area contributed by atoms with Gasteiger partial charge in [0.05, 0.1) is 0 Å². The molecule has 0 aliphatic carbocycles. The largest absolute Gasteiger partial charge is 0.312 e. The average Bonchev–Trinajstić information content (AvgIpc) is 2.81. The summed E-state index contributed by atoms with van der Waals surface area (Å²) in [6.45, 7) is 4.01. The summed E-state index contributed by atoms with van der Waals surface area (Å²) in [6, 6.07) is 9.08. The normalized spacial score (nSPS) is 10.8. The molecule has 0 unspecified atom stereocenters. The predicted octanol–water partition coefficient (Wildman–Crippen LogP) is 4.82. The van der Waals surface area contributed by atoms with Crippen LogP contribution < -0.4 is 5.32 Å². The van der Waals surface area contributed by atoms with E-state index in [9.17, 15) is 4.39 Å². The number of rotatable bonds is 5. The van der Waals surface area contributed by atoms with Crippen molar-refractivity contribution in [1.29, 1.82) is 0 Å². The first-order valence-corrected chi connectivity index (χ1v) is 7.56. The molecule has 0 saturated heterocycles. The standard InChI is InChI=1S/C14H15BrFNS/c1-2-7-17-9-11-4-6-14(18-11)12-8-10(15)3-5-13(12)16/h3-6,8,17H,2,7,9H2,1H3. The Hall–Kier alpha value is -0.710. The van der Waals surface area contributed by atoms with Gasteiger partial charge in [-0.1, -0.05) is 22.9 Å². The Morgan fingerprint density at radius 3 is 2.89 bits per heavy atom. The first kappa shape index (κ1) is 13.7. The van der Waals surface area contributed by atoms with Gasteiger partial charge in [0.15, 0.2) is 0 Å². The second kappa shape index (κ2) is 6.45. The van der Waals surface area contributed by atoms with Crippen LogP contribution in [0.15, 0.2) is 34.8 Å². The summed E-state index contributed by atoms with van der Waals surface area (Å²) in [6.07, 6.45) is 1.12. The topological polar surface area (TPSA) is 12.0 Å². The number of halogens is 2. The van der Waals surface area contributed by atoms with Crippen molar-refractivity contribution < 1.29 is 4.39 Å². The highest BCUT2D eigenvalue weighted by Gasteiger charge is 2.08. The number of thiophene rings is 1. The average molecular weight is 328 g/mol. The summed E-state index contributed by atoms with van der Waals surface area (Å²) < 4.78 is 14.6. The lowest BCUT2D eigenvalue weighted by molar-refractivity contribution is 0.631. The van der Waals surface area contributed by atoms with E-state index in [-0.39, 0.29) is 5.82 Å². The minimum Gasteiger partial charge on any atom is -0.312 e. The van der Waals surface area contributed by atoms with E-state index >= 15 is 0 Å². The van der Waals surface area contributed by atoms with E-state index in [1.165, 1.54) is 10.9 Å². The van der Waals surface area contributed by atoms with E-state index in [2.05, 4.69) is 34.2 Å². The Bertz CT molecular complexity index is 524. The lowest BCUT2D eigenvalue weighted by atomic mass is 10.2. The summed E-state index contributed by atoms with van der Waals surface area (Å²) in [5.74, 6) is -0.173. The number of nitrogens with one attached hydrogen (secondary N) is 1. The summed E-state index contributed by atoms with van der Waals surface area (Å²) >= 11 is 5.01. The molecule has 18 heavy (non-hydrogen) atoms. The van der Waals surface area contributed by atoms with Crippen LogP contribution in [-0.4, -0.2) is 6.54 Å². The molecule has 1 aromatic heterocycles. The zero-order chi connectivity index (χ0) is 13.0. The van der Waals surface area contributed by atoms with Gasteiger partial charge in [-0.25, -0.2) is 4.39 Å². The molecule has 0 atom stereocenters. The molecule has 4 heteroatoms. The van der Waals surface area contributed by atoms with Gasteiger partial charge in [-0.3, -0.25) is 0 Å². The van der Waals surface area contributed by atoms with Gasteiger partial charge in [-0.05, 0) is 43.3 Å². The number of hydrogen-bond acceptors (Lipinski definition) is 2. The minimum absolute atomic E-state index is 0.173. The van der Waals surface area contributed by atoms with Crippen LogP contribution in [0.2, 0.25) is 0 Å². The van der Waals surface area contributed by atoms with Crippen molar-refractivity contribution in [3.8, 4) is 10.4 Å². The van der Waals surface area contributed by atoms with Gasteiger partial charge in [-0.15, -0.1) is 11.3 Å². The van der Waals surface area contributed by atoms with Crippen LogP contribution in [0, 0.1) is 5.82 Å². The Labute approximate surface area is 119 Å². The number of hydrogen-bond donors (Lipinski definition) is 1. The predicted molar refractivity (Wildman–Crippen MR) is 79.4 cm³/mol. The first-order chi connectivity index (χ1) is 8.70. The van der Waals surface area contributed by atoms with Gasteiger partial charge >= 0.3 is 0 Å². The lowest BCUT2D eigenvalue weighted by Gasteiger charge is -2.01. The molecule has 96 valence electrons. The molecule has 1 aromatic carbocycles. The van der Waals surface area contributed by atoms with Crippen LogP contribution in [0.1, 0.15) is 18.2 Å². The fourth-order valence-corrected chi connectivity index (χ4v) is 3.05. The summed E-state index contributed by atoms with van der Waals surface area (Å²) in [5, 5.41) is 3.35. The molecule has 0 aliphatic heterocycles. The maximum atomic E-state index is 13.7. The molecule has 0 bridgehead atoms. The van der Waals surface area contributed by atoms with Crippen LogP contribution in [0.25, 0.3) is 10.4 Å². The minimum atomic E-state index is -0.173. The van der Waals surface area contributed by atoms with E-state index in [0.717, 1.165) is 28.9 Å². The van der Waals surface area contributed by atoms with E-state index in [4.69, 9.17) is 0 Å². The summed E-state index contributed by atoms with van der Waals surface area (Å²) in [5.41, 5.74) is 0.663. The van der Waals surface area contributed by atoms with Gasteiger partial charge in [0.2, 0.25) is 0 Å². The third-order valence-corrected chi connectivity index (χ3v) is 4.19. The van der Waals surface area contributed by atoms with Crippen LogP contribution in [0.4, 0.5) is 4.39 Å². The Morgan fingerprint density at radius 1 is 1.28 bits per heavy atom. The lowest BCUT2D eigenvalue weighted by Crippen LogP contribution is -2.12. The second-order valence-corrected chi connectivity index (χ2v) is 6.15. The van der Waals surface area contributed by atoms with E-state index in [0.29, 0.717) is 5.56 Å². The Balaban J connectivity index is 2.16. The Kier molecular flexibility index (Phi) is 4.92. The molecule has 0 fully saturated rings. The Morgan fingerprint density at radius 2 is 2.11 bits per heavy atom. The van der Waals surface area contributed by atoms with E-state index in [1.54, 1.807) is 17.4 Å². The molecule has 1 N–H and O–H groups in total. The van der Waals surface area contributed by atoms with Crippen LogP contribution in [-0.2, 0) is 6.54 Å². The SMILES string of the molecule is CCCNCc1ccc(-c2cc(Br)ccc2F)s1. The molecule has 2 aromatic rings. The molecule has 0 spiro atoms. The van der Waals surface area contributed by atoms with Gasteiger partial charge in [-0.2, -0.15) is 0 Å². The van der Waals surface area contributed by atoms with Crippen molar-refractivity contribution in [2.24, 2.45) is 0 Å². The quantitative estimate of drug-likeness (QED) is 0.776. The third kappa shape index (κ3) is 3.40.